The molecule has 0 saturated heterocycles. The fourth-order valence-corrected chi connectivity index (χ4v) is 3.05. The summed E-state index contributed by atoms with van der Waals surface area (Å²) in [6.45, 7) is 7.53. The van der Waals surface area contributed by atoms with Crippen LogP contribution < -0.4 is 5.32 Å². The van der Waals surface area contributed by atoms with Crippen LogP contribution in [0.3, 0.4) is 0 Å². The number of aromatic amines is 1. The lowest BCUT2D eigenvalue weighted by Gasteiger charge is -2.15. The molecule has 1 aromatic heterocycles. The highest BCUT2D eigenvalue weighted by atomic mass is 16.5. The molecule has 1 aromatic carbocycles. The van der Waals surface area contributed by atoms with Gasteiger partial charge in [-0.1, -0.05) is 38.1 Å². The number of aromatic nitrogens is 2. The molecule has 0 aliphatic carbocycles. The first-order valence-electron chi connectivity index (χ1n) is 8.58. The molecule has 0 radical (unpaired) electrons. The normalized spacial score (nSPS) is 15.2. The first-order chi connectivity index (χ1) is 11.5. The first kappa shape index (κ1) is 16.7. The van der Waals surface area contributed by atoms with Crippen LogP contribution in [0, 0.1) is 5.92 Å². The summed E-state index contributed by atoms with van der Waals surface area (Å²) in [7, 11) is 0. The van der Waals surface area contributed by atoms with Crippen LogP contribution >= 0.6 is 0 Å². The van der Waals surface area contributed by atoms with E-state index in [4.69, 9.17) is 4.74 Å². The second-order valence-electron chi connectivity index (χ2n) is 6.89. The van der Waals surface area contributed by atoms with E-state index < -0.39 is 0 Å². The largest absolute Gasteiger partial charge is 0.376 e. The molecule has 2 N–H and O–H groups in total. The van der Waals surface area contributed by atoms with Gasteiger partial charge in [0.05, 0.1) is 19.1 Å². The van der Waals surface area contributed by atoms with Gasteiger partial charge >= 0.3 is 0 Å². The lowest BCUT2D eigenvalue weighted by Crippen LogP contribution is -2.20. The van der Waals surface area contributed by atoms with Gasteiger partial charge in [0.25, 0.3) is 0 Å². The molecule has 1 aliphatic heterocycles. The number of fused-ring (bicyclic) bond motifs is 1. The van der Waals surface area contributed by atoms with Gasteiger partial charge in [0, 0.05) is 17.7 Å². The van der Waals surface area contributed by atoms with Gasteiger partial charge in [0.1, 0.15) is 0 Å². The third-order valence-corrected chi connectivity index (χ3v) is 4.43. The van der Waals surface area contributed by atoms with Crippen LogP contribution in [0.2, 0.25) is 0 Å². The Morgan fingerprint density at radius 1 is 1.38 bits per heavy atom. The zero-order chi connectivity index (χ0) is 17.1. The molecule has 0 saturated carbocycles. The number of H-pyrrole nitrogens is 1. The van der Waals surface area contributed by atoms with E-state index >= 15 is 0 Å². The Balaban J connectivity index is 1.72. The molecule has 1 amide bonds. The summed E-state index contributed by atoms with van der Waals surface area (Å²) in [6.07, 6.45) is 1.83. The number of anilines is 1. The highest BCUT2D eigenvalue weighted by Gasteiger charge is 2.22. The predicted octanol–water partition coefficient (Wildman–Crippen LogP) is 3.42. The van der Waals surface area contributed by atoms with Crippen molar-refractivity contribution in [3.05, 3.63) is 46.6 Å². The van der Waals surface area contributed by atoms with E-state index in [0.29, 0.717) is 24.9 Å². The van der Waals surface area contributed by atoms with E-state index in [1.807, 2.05) is 19.1 Å². The maximum absolute atomic E-state index is 12.6. The SMILES string of the molecule is CC(C)Cc1cccc(C(C)C(=O)Nc2n[nH]c3c2COCC3)c1. The topological polar surface area (TPSA) is 67.0 Å². The minimum atomic E-state index is -0.228. The molecule has 2 heterocycles. The van der Waals surface area contributed by atoms with Crippen molar-refractivity contribution in [2.75, 3.05) is 11.9 Å². The first-order valence-corrected chi connectivity index (χ1v) is 8.58. The number of carbonyl (C=O) groups excluding carboxylic acids is 1. The Labute approximate surface area is 142 Å². The maximum atomic E-state index is 12.6. The van der Waals surface area contributed by atoms with Gasteiger partial charge in [-0.25, -0.2) is 0 Å². The van der Waals surface area contributed by atoms with E-state index in [2.05, 4.69) is 41.5 Å². The second kappa shape index (κ2) is 7.18. The molecule has 5 nitrogen and oxygen atoms in total. The summed E-state index contributed by atoms with van der Waals surface area (Å²) < 4.78 is 5.46. The molecule has 1 aliphatic rings. The van der Waals surface area contributed by atoms with Crippen LogP contribution in [0.4, 0.5) is 5.82 Å². The molecule has 5 heteroatoms. The van der Waals surface area contributed by atoms with Crippen molar-refractivity contribution in [2.45, 2.75) is 46.1 Å². The maximum Gasteiger partial charge on any atom is 0.232 e. The quantitative estimate of drug-likeness (QED) is 0.884. The molecule has 128 valence electrons. The average Bonchev–Trinajstić information content (AvgIpc) is 2.97. The Morgan fingerprint density at radius 2 is 2.21 bits per heavy atom. The van der Waals surface area contributed by atoms with E-state index in [0.717, 1.165) is 29.7 Å². The summed E-state index contributed by atoms with van der Waals surface area (Å²) in [6, 6.07) is 8.29. The molecule has 2 aromatic rings. The van der Waals surface area contributed by atoms with Gasteiger partial charge in [-0.2, -0.15) is 5.10 Å². The Morgan fingerprint density at radius 3 is 3.00 bits per heavy atom. The molecule has 0 fully saturated rings. The van der Waals surface area contributed by atoms with Crippen LogP contribution in [-0.2, 0) is 29.0 Å². The molecule has 1 unspecified atom stereocenters. The fraction of sp³-hybridized carbons (Fsp3) is 0.474. The molecule has 0 bridgehead atoms. The summed E-state index contributed by atoms with van der Waals surface area (Å²) >= 11 is 0. The number of benzene rings is 1. The van der Waals surface area contributed by atoms with Crippen LogP contribution in [-0.4, -0.2) is 22.7 Å². The van der Waals surface area contributed by atoms with Gasteiger partial charge in [-0.15, -0.1) is 0 Å². The van der Waals surface area contributed by atoms with E-state index in [1.54, 1.807) is 0 Å². The minimum absolute atomic E-state index is 0.0448. The fourth-order valence-electron chi connectivity index (χ4n) is 3.05. The number of ether oxygens (including phenoxy) is 1. The Bertz CT molecular complexity index is 721. The Hall–Kier alpha value is -2.14. The molecule has 3 rings (SSSR count). The standard InChI is InChI=1S/C19H25N3O2/c1-12(2)9-14-5-4-6-15(10-14)13(3)19(23)20-18-16-11-24-8-7-17(16)21-22-18/h4-6,10,12-13H,7-9,11H2,1-3H3,(H2,20,21,22,23). The van der Waals surface area contributed by atoms with E-state index in [9.17, 15) is 4.79 Å². The zero-order valence-corrected chi connectivity index (χ0v) is 14.6. The molecule has 24 heavy (non-hydrogen) atoms. The van der Waals surface area contributed by atoms with Crippen molar-refractivity contribution in [3.63, 3.8) is 0 Å². The number of rotatable bonds is 5. The van der Waals surface area contributed by atoms with Crippen molar-refractivity contribution in [2.24, 2.45) is 5.92 Å². The lowest BCUT2D eigenvalue weighted by molar-refractivity contribution is -0.117. The highest BCUT2D eigenvalue weighted by Crippen LogP contribution is 2.24. The van der Waals surface area contributed by atoms with Crippen molar-refractivity contribution in [1.29, 1.82) is 0 Å². The predicted molar refractivity (Wildman–Crippen MR) is 94.0 cm³/mol. The number of nitrogens with one attached hydrogen (secondary N) is 2. The van der Waals surface area contributed by atoms with Gasteiger partial charge in [0.2, 0.25) is 5.91 Å². The average molecular weight is 327 g/mol. The molecule has 0 spiro atoms. The Kier molecular flexibility index (Phi) is 5.00. The zero-order valence-electron chi connectivity index (χ0n) is 14.6. The smallest absolute Gasteiger partial charge is 0.232 e. The van der Waals surface area contributed by atoms with Crippen molar-refractivity contribution in [1.82, 2.24) is 10.2 Å². The number of amides is 1. The number of hydrogen-bond acceptors (Lipinski definition) is 3. The second-order valence-corrected chi connectivity index (χ2v) is 6.89. The van der Waals surface area contributed by atoms with Gasteiger partial charge in [-0.05, 0) is 30.4 Å². The van der Waals surface area contributed by atoms with Crippen LogP contribution in [0.25, 0.3) is 0 Å². The summed E-state index contributed by atoms with van der Waals surface area (Å²) in [5.74, 6) is 0.922. The highest BCUT2D eigenvalue weighted by molar-refractivity contribution is 5.95. The van der Waals surface area contributed by atoms with Crippen LogP contribution in [0.5, 0.6) is 0 Å². The van der Waals surface area contributed by atoms with Crippen molar-refractivity contribution >= 4 is 11.7 Å². The summed E-state index contributed by atoms with van der Waals surface area (Å²) in [4.78, 5) is 12.6. The minimum Gasteiger partial charge on any atom is -0.376 e. The van der Waals surface area contributed by atoms with Crippen LogP contribution in [0.1, 0.15) is 49.1 Å². The van der Waals surface area contributed by atoms with Gasteiger partial charge < -0.3 is 10.1 Å². The van der Waals surface area contributed by atoms with Crippen molar-refractivity contribution in [3.8, 4) is 0 Å². The van der Waals surface area contributed by atoms with Crippen molar-refractivity contribution < 1.29 is 9.53 Å². The van der Waals surface area contributed by atoms with E-state index in [1.165, 1.54) is 5.56 Å². The monoisotopic (exact) mass is 327 g/mol. The molecular formula is C19H25N3O2. The number of carbonyl (C=O) groups is 1. The number of hydrogen-bond donors (Lipinski definition) is 2. The van der Waals surface area contributed by atoms with Crippen LogP contribution in [0.15, 0.2) is 24.3 Å². The summed E-state index contributed by atoms with van der Waals surface area (Å²) in [5, 5.41) is 10.2. The number of nitrogens with zero attached hydrogens (tertiary/aromatic N) is 1. The molecular weight excluding hydrogens is 302 g/mol. The molecule has 1 atom stereocenters. The third-order valence-electron chi connectivity index (χ3n) is 4.43. The van der Waals surface area contributed by atoms with Gasteiger partial charge in [-0.3, -0.25) is 9.89 Å². The summed E-state index contributed by atoms with van der Waals surface area (Å²) in [5.41, 5.74) is 4.33. The van der Waals surface area contributed by atoms with E-state index in [-0.39, 0.29) is 11.8 Å². The lowest BCUT2D eigenvalue weighted by atomic mass is 9.95. The van der Waals surface area contributed by atoms with Gasteiger partial charge in [0.15, 0.2) is 5.82 Å². The third kappa shape index (κ3) is 3.67.